The Balaban J connectivity index is 1.98. The van der Waals surface area contributed by atoms with E-state index in [0.29, 0.717) is 16.3 Å². The number of rotatable bonds is 4. The van der Waals surface area contributed by atoms with Crippen molar-refractivity contribution in [1.82, 2.24) is 0 Å². The van der Waals surface area contributed by atoms with Gasteiger partial charge in [0.1, 0.15) is 0 Å². The van der Waals surface area contributed by atoms with Crippen molar-refractivity contribution in [3.05, 3.63) is 64.7 Å². The van der Waals surface area contributed by atoms with E-state index in [1.54, 1.807) is 24.3 Å². The Hall–Kier alpha value is -1.65. The van der Waals surface area contributed by atoms with E-state index in [4.69, 9.17) is 11.6 Å². The Morgan fingerprint density at radius 2 is 1.74 bits per heavy atom. The molecule has 2 N–H and O–H groups in total. The molecule has 100 valence electrons. The zero-order valence-corrected chi connectivity index (χ0v) is 10.7. The summed E-state index contributed by atoms with van der Waals surface area (Å²) in [5.41, 5.74) is 1.10. The molecule has 0 heterocycles. The average molecular weight is 284 g/mol. The van der Waals surface area contributed by atoms with Crippen molar-refractivity contribution in [1.29, 1.82) is 0 Å². The van der Waals surface area contributed by atoms with Crippen molar-refractivity contribution >= 4 is 17.3 Å². The summed E-state index contributed by atoms with van der Waals surface area (Å²) in [5.74, 6) is -1.82. The fraction of sp³-hybridized carbons (Fsp3) is 0.143. The highest BCUT2D eigenvalue weighted by molar-refractivity contribution is 6.30. The largest absolute Gasteiger partial charge is 0.387 e. The summed E-state index contributed by atoms with van der Waals surface area (Å²) in [4.78, 5) is 0. The Bertz CT molecular complexity index is 560. The first-order valence-electron chi connectivity index (χ1n) is 5.69. The van der Waals surface area contributed by atoms with Crippen LogP contribution in [0.4, 0.5) is 14.5 Å². The molecular formula is C14H12ClF2NO. The zero-order valence-electron chi connectivity index (χ0n) is 9.91. The zero-order chi connectivity index (χ0) is 13.8. The molecule has 0 aliphatic carbocycles. The van der Waals surface area contributed by atoms with Crippen molar-refractivity contribution in [3.63, 3.8) is 0 Å². The van der Waals surface area contributed by atoms with E-state index in [-0.39, 0.29) is 6.54 Å². The fourth-order valence-corrected chi connectivity index (χ4v) is 1.75. The number of halogens is 3. The molecule has 2 nitrogen and oxygen atoms in total. The lowest BCUT2D eigenvalue weighted by Gasteiger charge is -2.13. The van der Waals surface area contributed by atoms with Crippen LogP contribution in [0.5, 0.6) is 0 Å². The lowest BCUT2D eigenvalue weighted by molar-refractivity contribution is 0.191. The van der Waals surface area contributed by atoms with E-state index in [2.05, 4.69) is 5.32 Å². The van der Waals surface area contributed by atoms with E-state index in [0.717, 1.165) is 12.1 Å². The van der Waals surface area contributed by atoms with Crippen LogP contribution >= 0.6 is 11.6 Å². The van der Waals surface area contributed by atoms with Gasteiger partial charge in [-0.1, -0.05) is 23.7 Å². The van der Waals surface area contributed by atoms with Crippen LogP contribution in [0, 0.1) is 11.6 Å². The second-order valence-corrected chi connectivity index (χ2v) is 4.51. The number of aliphatic hydroxyl groups is 1. The normalized spacial score (nSPS) is 12.2. The van der Waals surface area contributed by atoms with Gasteiger partial charge in [-0.2, -0.15) is 0 Å². The number of aliphatic hydroxyl groups excluding tert-OH is 1. The molecule has 2 aromatic rings. The van der Waals surface area contributed by atoms with Gasteiger partial charge in [0.25, 0.3) is 0 Å². The highest BCUT2D eigenvalue weighted by atomic mass is 35.5. The van der Waals surface area contributed by atoms with Crippen LogP contribution in [0.25, 0.3) is 0 Å². The lowest BCUT2D eigenvalue weighted by Crippen LogP contribution is -2.12. The first kappa shape index (κ1) is 13.8. The second-order valence-electron chi connectivity index (χ2n) is 4.08. The lowest BCUT2D eigenvalue weighted by atomic mass is 10.1. The van der Waals surface area contributed by atoms with E-state index < -0.39 is 17.7 Å². The number of hydrogen-bond donors (Lipinski definition) is 2. The Kier molecular flexibility index (Phi) is 4.35. The Morgan fingerprint density at radius 1 is 1.05 bits per heavy atom. The van der Waals surface area contributed by atoms with Crippen LogP contribution in [0.2, 0.25) is 5.02 Å². The quantitative estimate of drug-likeness (QED) is 0.895. The molecule has 2 rings (SSSR count). The third-order valence-corrected chi connectivity index (χ3v) is 2.93. The van der Waals surface area contributed by atoms with Crippen LogP contribution in [-0.2, 0) is 0 Å². The van der Waals surface area contributed by atoms with E-state index in [1.165, 1.54) is 6.07 Å². The standard InChI is InChI=1S/C14H12ClF2NO/c15-10-3-1-9(2-4-10)14(19)8-18-11-5-6-12(16)13(17)7-11/h1-7,14,18-19H,8H2. The minimum atomic E-state index is -0.925. The highest BCUT2D eigenvalue weighted by Gasteiger charge is 2.08. The second kappa shape index (κ2) is 5.99. The molecule has 0 fully saturated rings. The first-order valence-corrected chi connectivity index (χ1v) is 6.06. The SMILES string of the molecule is OC(CNc1ccc(F)c(F)c1)c1ccc(Cl)cc1. The predicted octanol–water partition coefficient (Wildman–Crippen LogP) is 3.76. The molecular weight excluding hydrogens is 272 g/mol. The van der Waals surface area contributed by atoms with Crippen molar-refractivity contribution in [2.45, 2.75) is 6.10 Å². The van der Waals surface area contributed by atoms with Gasteiger partial charge < -0.3 is 10.4 Å². The molecule has 1 unspecified atom stereocenters. The maximum Gasteiger partial charge on any atom is 0.160 e. The summed E-state index contributed by atoms with van der Waals surface area (Å²) in [6, 6.07) is 10.3. The molecule has 0 radical (unpaired) electrons. The van der Waals surface area contributed by atoms with Gasteiger partial charge in [-0.15, -0.1) is 0 Å². The van der Waals surface area contributed by atoms with Crippen molar-refractivity contribution < 1.29 is 13.9 Å². The molecule has 0 aromatic heterocycles. The molecule has 1 atom stereocenters. The third-order valence-electron chi connectivity index (χ3n) is 2.67. The molecule has 0 amide bonds. The van der Waals surface area contributed by atoms with Crippen LogP contribution in [0.1, 0.15) is 11.7 Å². The Labute approximate surface area is 114 Å². The first-order chi connectivity index (χ1) is 9.06. The van der Waals surface area contributed by atoms with Gasteiger partial charge in [0, 0.05) is 23.3 Å². The molecule has 0 bridgehead atoms. The molecule has 19 heavy (non-hydrogen) atoms. The van der Waals surface area contributed by atoms with E-state index >= 15 is 0 Å². The summed E-state index contributed by atoms with van der Waals surface area (Å²) in [6.45, 7) is 0.187. The van der Waals surface area contributed by atoms with Gasteiger partial charge >= 0.3 is 0 Å². The molecule has 0 saturated heterocycles. The van der Waals surface area contributed by atoms with Crippen LogP contribution in [0.3, 0.4) is 0 Å². The summed E-state index contributed by atoms with van der Waals surface area (Å²) < 4.78 is 25.7. The predicted molar refractivity (Wildman–Crippen MR) is 71.3 cm³/mol. The van der Waals surface area contributed by atoms with Gasteiger partial charge in [0.15, 0.2) is 11.6 Å². The van der Waals surface area contributed by atoms with Crippen molar-refractivity contribution in [3.8, 4) is 0 Å². The van der Waals surface area contributed by atoms with Crippen LogP contribution < -0.4 is 5.32 Å². The monoisotopic (exact) mass is 283 g/mol. The van der Waals surface area contributed by atoms with Crippen LogP contribution in [0.15, 0.2) is 42.5 Å². The third kappa shape index (κ3) is 3.66. The number of nitrogens with one attached hydrogen (secondary N) is 1. The number of hydrogen-bond acceptors (Lipinski definition) is 2. The van der Waals surface area contributed by atoms with Gasteiger partial charge in [-0.05, 0) is 29.8 Å². The van der Waals surface area contributed by atoms with Crippen molar-refractivity contribution in [2.24, 2.45) is 0 Å². The molecule has 5 heteroatoms. The maximum absolute atomic E-state index is 13.0. The minimum absolute atomic E-state index is 0.187. The maximum atomic E-state index is 13.0. The molecule has 0 aliphatic rings. The summed E-state index contributed by atoms with van der Waals surface area (Å²) in [5, 5.41) is 13.3. The number of anilines is 1. The van der Waals surface area contributed by atoms with Crippen molar-refractivity contribution in [2.75, 3.05) is 11.9 Å². The average Bonchev–Trinajstić information content (AvgIpc) is 2.40. The van der Waals surface area contributed by atoms with E-state index in [1.807, 2.05) is 0 Å². The topological polar surface area (TPSA) is 32.3 Å². The Morgan fingerprint density at radius 3 is 2.37 bits per heavy atom. The molecule has 0 aliphatic heterocycles. The number of benzene rings is 2. The summed E-state index contributed by atoms with van der Waals surface area (Å²) in [6.07, 6.45) is -0.759. The van der Waals surface area contributed by atoms with E-state index in [9.17, 15) is 13.9 Å². The van der Waals surface area contributed by atoms with Crippen LogP contribution in [-0.4, -0.2) is 11.7 Å². The van der Waals surface area contributed by atoms with Gasteiger partial charge in [0.2, 0.25) is 0 Å². The minimum Gasteiger partial charge on any atom is -0.387 e. The highest BCUT2D eigenvalue weighted by Crippen LogP contribution is 2.18. The summed E-state index contributed by atoms with van der Waals surface area (Å²) >= 11 is 5.75. The van der Waals surface area contributed by atoms with Gasteiger partial charge in [-0.3, -0.25) is 0 Å². The molecule has 0 spiro atoms. The van der Waals surface area contributed by atoms with Gasteiger partial charge in [-0.25, -0.2) is 8.78 Å². The van der Waals surface area contributed by atoms with Gasteiger partial charge in [0.05, 0.1) is 6.10 Å². The molecule has 2 aromatic carbocycles. The smallest absolute Gasteiger partial charge is 0.160 e. The summed E-state index contributed by atoms with van der Waals surface area (Å²) in [7, 11) is 0. The molecule has 0 saturated carbocycles. The fourth-order valence-electron chi connectivity index (χ4n) is 1.62.